The van der Waals surface area contributed by atoms with Crippen molar-refractivity contribution in [3.63, 3.8) is 0 Å². The van der Waals surface area contributed by atoms with Gasteiger partial charge in [0.05, 0.1) is 17.7 Å². The number of likely N-dealkylation sites (tertiary alicyclic amines) is 1. The summed E-state index contributed by atoms with van der Waals surface area (Å²) in [7, 11) is 0. The van der Waals surface area contributed by atoms with Gasteiger partial charge in [0.2, 0.25) is 5.91 Å². The molecule has 0 radical (unpaired) electrons. The average molecular weight is 474 g/mol. The third-order valence-electron chi connectivity index (χ3n) is 8.38. The predicted molar refractivity (Wildman–Crippen MR) is 129 cm³/mol. The number of piperidine rings is 1. The maximum absolute atomic E-state index is 12.1. The third-order valence-corrected chi connectivity index (χ3v) is 8.62. The molecular formula is C26H36ClN3O3. The summed E-state index contributed by atoms with van der Waals surface area (Å²) in [6.45, 7) is 4.18. The lowest BCUT2D eigenvalue weighted by Crippen LogP contribution is -2.40. The molecule has 7 heteroatoms. The van der Waals surface area contributed by atoms with Crippen LogP contribution in [-0.4, -0.2) is 48.3 Å². The molecule has 2 atom stereocenters. The molecule has 2 aliphatic heterocycles. The maximum atomic E-state index is 12.1. The number of rotatable bonds is 7. The summed E-state index contributed by atoms with van der Waals surface area (Å²) < 4.78 is 11.3. The highest BCUT2D eigenvalue weighted by Crippen LogP contribution is 2.39. The van der Waals surface area contributed by atoms with Crippen LogP contribution in [0.25, 0.3) is 11.0 Å². The van der Waals surface area contributed by atoms with Gasteiger partial charge in [-0.1, -0.05) is 29.6 Å². The molecule has 1 aromatic carbocycles. The molecule has 2 unspecified atom stereocenters. The number of amides is 1. The van der Waals surface area contributed by atoms with E-state index in [1.807, 2.05) is 18.2 Å². The molecule has 6 nitrogen and oxygen atoms in total. The van der Waals surface area contributed by atoms with E-state index in [-0.39, 0.29) is 17.9 Å². The summed E-state index contributed by atoms with van der Waals surface area (Å²) in [6.07, 6.45) is 10.3. The van der Waals surface area contributed by atoms with Crippen molar-refractivity contribution in [3.8, 4) is 0 Å². The van der Waals surface area contributed by atoms with Gasteiger partial charge in [-0.05, 0) is 88.5 Å². The molecule has 2 N–H and O–H groups in total. The lowest BCUT2D eigenvalue weighted by atomic mass is 9.72. The van der Waals surface area contributed by atoms with Gasteiger partial charge in [0.25, 0.3) is 0 Å². The second-order valence-corrected chi connectivity index (χ2v) is 10.8. The van der Waals surface area contributed by atoms with Crippen molar-refractivity contribution in [1.29, 1.82) is 0 Å². The van der Waals surface area contributed by atoms with E-state index < -0.39 is 0 Å². The average Bonchev–Trinajstić information content (AvgIpc) is 3.49. The molecule has 5 rings (SSSR count). The number of primary amides is 1. The van der Waals surface area contributed by atoms with E-state index in [0.717, 1.165) is 80.8 Å². The largest absolute Gasteiger partial charge is 0.377 e. The van der Waals surface area contributed by atoms with E-state index in [9.17, 15) is 4.79 Å². The Hall–Kier alpha value is -1.63. The highest BCUT2D eigenvalue weighted by atomic mass is 35.5. The fraction of sp³-hybridized carbons (Fsp3) is 0.692. The second-order valence-electron chi connectivity index (χ2n) is 10.4. The van der Waals surface area contributed by atoms with Crippen molar-refractivity contribution in [1.82, 2.24) is 10.1 Å². The SMILES string of the molecule is NC(=O)C(C1CCC(CCN2CCC(c3noc4cc(Cl)ccc34)CC2)CC1)C1CCCO1. The Morgan fingerprint density at radius 1 is 1.15 bits per heavy atom. The molecule has 1 amide bonds. The number of halogens is 1. The molecule has 2 saturated heterocycles. The van der Waals surface area contributed by atoms with Crippen molar-refractivity contribution in [3.05, 3.63) is 28.9 Å². The van der Waals surface area contributed by atoms with Crippen LogP contribution in [0, 0.1) is 17.8 Å². The van der Waals surface area contributed by atoms with Crippen LogP contribution in [0.15, 0.2) is 22.7 Å². The fourth-order valence-corrected chi connectivity index (χ4v) is 6.62. The summed E-state index contributed by atoms with van der Waals surface area (Å²) in [5.41, 5.74) is 7.66. The number of carbonyl (C=O) groups is 1. The van der Waals surface area contributed by atoms with Gasteiger partial charge in [-0.15, -0.1) is 0 Å². The van der Waals surface area contributed by atoms with Crippen LogP contribution in [-0.2, 0) is 9.53 Å². The standard InChI is InChI=1S/C26H36ClN3O3/c27-20-7-8-21-23(16-20)33-29-25(21)19-10-13-30(14-11-19)12-9-17-3-5-18(6-4-17)24(26(28)31)22-2-1-15-32-22/h7-8,16-19,22,24H,1-6,9-15H2,(H2,28,31). The Morgan fingerprint density at radius 3 is 2.64 bits per heavy atom. The number of hydrogen-bond donors (Lipinski definition) is 1. The predicted octanol–water partition coefficient (Wildman–Crippen LogP) is 5.14. The van der Waals surface area contributed by atoms with Crippen molar-refractivity contribution < 1.29 is 14.1 Å². The zero-order valence-corrected chi connectivity index (χ0v) is 20.1. The Labute approximate surface area is 201 Å². The van der Waals surface area contributed by atoms with Gasteiger partial charge in [-0.2, -0.15) is 0 Å². The number of aromatic nitrogens is 1. The minimum absolute atomic E-state index is 0.0594. The highest BCUT2D eigenvalue weighted by molar-refractivity contribution is 6.31. The number of fused-ring (bicyclic) bond motifs is 1. The first-order chi connectivity index (χ1) is 16.1. The Kier molecular flexibility index (Phi) is 7.24. The summed E-state index contributed by atoms with van der Waals surface area (Å²) >= 11 is 6.08. The minimum Gasteiger partial charge on any atom is -0.377 e. The normalized spacial score (nSPS) is 28.3. The first-order valence-electron chi connectivity index (χ1n) is 12.8. The Morgan fingerprint density at radius 2 is 1.94 bits per heavy atom. The fourth-order valence-electron chi connectivity index (χ4n) is 6.46. The first-order valence-corrected chi connectivity index (χ1v) is 13.1. The van der Waals surface area contributed by atoms with Crippen LogP contribution in [0.1, 0.15) is 69.4 Å². The van der Waals surface area contributed by atoms with Gasteiger partial charge in [0.1, 0.15) is 0 Å². The van der Waals surface area contributed by atoms with Gasteiger partial charge in [0, 0.05) is 29.0 Å². The summed E-state index contributed by atoms with van der Waals surface area (Å²) in [5, 5.41) is 6.16. The van der Waals surface area contributed by atoms with E-state index in [2.05, 4.69) is 10.1 Å². The van der Waals surface area contributed by atoms with Gasteiger partial charge in [-0.25, -0.2) is 0 Å². The molecule has 3 aliphatic rings. The first kappa shape index (κ1) is 23.1. The van der Waals surface area contributed by atoms with Crippen molar-refractivity contribution in [2.45, 2.75) is 69.8 Å². The molecule has 180 valence electrons. The number of ether oxygens (including phenoxy) is 1. The number of carbonyl (C=O) groups excluding carboxylic acids is 1. The lowest BCUT2D eigenvalue weighted by Gasteiger charge is -2.36. The van der Waals surface area contributed by atoms with Crippen LogP contribution in [0.2, 0.25) is 5.02 Å². The topological polar surface area (TPSA) is 81.6 Å². The minimum atomic E-state index is -0.156. The number of hydrogen-bond acceptors (Lipinski definition) is 5. The van der Waals surface area contributed by atoms with Crippen LogP contribution in [0.5, 0.6) is 0 Å². The van der Waals surface area contributed by atoms with E-state index in [0.29, 0.717) is 16.9 Å². The van der Waals surface area contributed by atoms with Crippen molar-refractivity contribution in [2.75, 3.05) is 26.2 Å². The Balaban J connectivity index is 1.06. The summed E-state index contributed by atoms with van der Waals surface area (Å²) in [6, 6.07) is 5.80. The van der Waals surface area contributed by atoms with E-state index in [4.69, 9.17) is 26.6 Å². The number of nitrogens with zero attached hydrogens (tertiary/aromatic N) is 2. The van der Waals surface area contributed by atoms with Gasteiger partial charge in [0.15, 0.2) is 5.58 Å². The summed E-state index contributed by atoms with van der Waals surface area (Å²) in [5.74, 6) is 1.39. The molecule has 33 heavy (non-hydrogen) atoms. The number of benzene rings is 1. The quantitative estimate of drug-likeness (QED) is 0.602. The van der Waals surface area contributed by atoms with Gasteiger partial charge < -0.3 is 19.9 Å². The molecule has 3 heterocycles. The van der Waals surface area contributed by atoms with E-state index >= 15 is 0 Å². The summed E-state index contributed by atoms with van der Waals surface area (Å²) in [4.78, 5) is 14.7. The van der Waals surface area contributed by atoms with Crippen LogP contribution in [0.4, 0.5) is 0 Å². The second kappa shape index (κ2) is 10.3. The molecule has 1 aliphatic carbocycles. The van der Waals surface area contributed by atoms with Crippen molar-refractivity contribution in [2.24, 2.45) is 23.5 Å². The third kappa shape index (κ3) is 5.23. The van der Waals surface area contributed by atoms with Crippen LogP contribution >= 0.6 is 11.6 Å². The molecular weight excluding hydrogens is 438 g/mol. The molecule has 1 aromatic heterocycles. The lowest BCUT2D eigenvalue weighted by molar-refractivity contribution is -0.129. The van der Waals surface area contributed by atoms with E-state index in [1.165, 1.54) is 25.8 Å². The van der Waals surface area contributed by atoms with Crippen LogP contribution in [0.3, 0.4) is 0 Å². The van der Waals surface area contributed by atoms with Crippen LogP contribution < -0.4 is 5.73 Å². The zero-order valence-electron chi connectivity index (χ0n) is 19.4. The maximum Gasteiger partial charge on any atom is 0.223 e. The smallest absolute Gasteiger partial charge is 0.223 e. The van der Waals surface area contributed by atoms with Crippen molar-refractivity contribution >= 4 is 28.5 Å². The van der Waals surface area contributed by atoms with E-state index in [1.54, 1.807) is 0 Å². The molecule has 1 saturated carbocycles. The molecule has 2 aromatic rings. The zero-order chi connectivity index (χ0) is 22.8. The Bertz CT molecular complexity index is 941. The van der Waals surface area contributed by atoms with Gasteiger partial charge >= 0.3 is 0 Å². The highest BCUT2D eigenvalue weighted by Gasteiger charge is 2.38. The van der Waals surface area contributed by atoms with Gasteiger partial charge in [-0.3, -0.25) is 4.79 Å². The molecule has 3 fully saturated rings. The number of nitrogens with two attached hydrogens (primary N) is 1. The molecule has 0 bridgehead atoms. The monoisotopic (exact) mass is 473 g/mol. The molecule has 0 spiro atoms.